The lowest BCUT2D eigenvalue weighted by Crippen LogP contribution is -2.41. The third-order valence-electron chi connectivity index (χ3n) is 6.16. The molecule has 1 aliphatic rings. The number of benzene rings is 2. The highest BCUT2D eigenvalue weighted by atomic mass is 16.5. The van der Waals surface area contributed by atoms with Crippen molar-refractivity contribution in [3.63, 3.8) is 0 Å². The number of carboxylic acid groups (broad SMARTS) is 1. The van der Waals surface area contributed by atoms with Gasteiger partial charge in [0.25, 0.3) is 0 Å². The summed E-state index contributed by atoms with van der Waals surface area (Å²) in [5, 5.41) is 14.2. The lowest BCUT2D eigenvalue weighted by Gasteiger charge is -2.18. The van der Waals surface area contributed by atoms with Crippen molar-refractivity contribution < 1.29 is 24.2 Å². The van der Waals surface area contributed by atoms with Crippen molar-refractivity contribution in [3.8, 4) is 11.1 Å². The Kier molecular flexibility index (Phi) is 8.09. The van der Waals surface area contributed by atoms with Gasteiger partial charge in [-0.05, 0) is 48.9 Å². The number of carbonyl (C=O) groups excluding carboxylic acids is 2. The van der Waals surface area contributed by atoms with Crippen molar-refractivity contribution in [3.05, 3.63) is 59.7 Å². The zero-order valence-corrected chi connectivity index (χ0v) is 19.3. The summed E-state index contributed by atoms with van der Waals surface area (Å²) < 4.78 is 5.57. The molecule has 3 rings (SSSR count). The Morgan fingerprint density at radius 2 is 1.48 bits per heavy atom. The van der Waals surface area contributed by atoms with E-state index >= 15 is 0 Å². The van der Waals surface area contributed by atoms with Crippen LogP contribution in [0.25, 0.3) is 11.1 Å². The topological polar surface area (TPSA) is 105 Å². The minimum Gasteiger partial charge on any atom is -0.480 e. The van der Waals surface area contributed by atoms with Crippen LogP contribution in [0.15, 0.2) is 48.5 Å². The molecule has 0 heterocycles. The molecule has 3 atom stereocenters. The molecule has 1 aliphatic carbocycles. The second-order valence-electron chi connectivity index (χ2n) is 8.77. The van der Waals surface area contributed by atoms with E-state index in [9.17, 15) is 14.4 Å². The molecule has 2 aromatic carbocycles. The Morgan fingerprint density at radius 1 is 0.909 bits per heavy atom. The maximum atomic E-state index is 12.4. The van der Waals surface area contributed by atoms with E-state index < -0.39 is 18.1 Å². The Balaban J connectivity index is 1.42. The van der Waals surface area contributed by atoms with Crippen LogP contribution in [0.3, 0.4) is 0 Å². The number of ether oxygens (including phenoxy) is 1. The molecule has 176 valence electrons. The highest BCUT2D eigenvalue weighted by Crippen LogP contribution is 2.44. The van der Waals surface area contributed by atoms with E-state index in [1.165, 1.54) is 29.2 Å². The average molecular weight is 453 g/mol. The van der Waals surface area contributed by atoms with Crippen molar-refractivity contribution in [1.29, 1.82) is 0 Å². The first-order valence-electron chi connectivity index (χ1n) is 11.4. The van der Waals surface area contributed by atoms with Crippen LogP contribution < -0.4 is 10.6 Å². The summed E-state index contributed by atoms with van der Waals surface area (Å²) in [6, 6.07) is 15.4. The maximum absolute atomic E-state index is 12.4. The summed E-state index contributed by atoms with van der Waals surface area (Å²) in [6.07, 6.45) is 1.57. The molecular weight excluding hydrogens is 420 g/mol. The van der Waals surface area contributed by atoms with Gasteiger partial charge in [0.05, 0.1) is 0 Å². The molecule has 7 nitrogen and oxygen atoms in total. The number of hydrogen-bond donors (Lipinski definition) is 3. The first-order chi connectivity index (χ1) is 15.8. The van der Waals surface area contributed by atoms with Gasteiger partial charge >= 0.3 is 12.1 Å². The normalized spacial score (nSPS) is 15.0. The SMILES string of the molecule is CC(CCCC(C)C(=O)N[C@@H](C)C(=O)O)NC(=O)OCC1c2ccccc2-c2ccccc21. The fourth-order valence-corrected chi connectivity index (χ4v) is 4.19. The van der Waals surface area contributed by atoms with E-state index in [0.717, 1.165) is 6.42 Å². The van der Waals surface area contributed by atoms with Crippen LogP contribution in [-0.2, 0) is 14.3 Å². The molecule has 0 aromatic heterocycles. The van der Waals surface area contributed by atoms with Crippen molar-refractivity contribution in [1.82, 2.24) is 10.6 Å². The Bertz CT molecular complexity index is 960. The van der Waals surface area contributed by atoms with Gasteiger partial charge in [-0.1, -0.05) is 61.9 Å². The minimum atomic E-state index is -1.06. The van der Waals surface area contributed by atoms with E-state index in [1.54, 1.807) is 6.92 Å². The van der Waals surface area contributed by atoms with Gasteiger partial charge in [-0.15, -0.1) is 0 Å². The number of hydrogen-bond acceptors (Lipinski definition) is 4. The number of amides is 2. The molecule has 0 saturated carbocycles. The molecule has 2 amide bonds. The molecule has 0 fully saturated rings. The van der Waals surface area contributed by atoms with Crippen LogP contribution in [0.1, 0.15) is 57.1 Å². The molecular formula is C26H32N2O5. The van der Waals surface area contributed by atoms with Crippen LogP contribution in [-0.4, -0.2) is 41.8 Å². The molecule has 7 heteroatoms. The van der Waals surface area contributed by atoms with Crippen LogP contribution in [0.5, 0.6) is 0 Å². The molecule has 0 spiro atoms. The summed E-state index contributed by atoms with van der Waals surface area (Å²) in [5.74, 6) is -1.61. The van der Waals surface area contributed by atoms with E-state index in [4.69, 9.17) is 9.84 Å². The van der Waals surface area contributed by atoms with Crippen LogP contribution in [0.2, 0.25) is 0 Å². The number of alkyl carbamates (subject to hydrolysis) is 1. The quantitative estimate of drug-likeness (QED) is 0.498. The fraction of sp³-hybridized carbons (Fsp3) is 0.423. The number of carbonyl (C=O) groups is 3. The highest BCUT2D eigenvalue weighted by molar-refractivity contribution is 5.84. The van der Waals surface area contributed by atoms with E-state index in [2.05, 4.69) is 34.9 Å². The first-order valence-corrected chi connectivity index (χ1v) is 11.4. The van der Waals surface area contributed by atoms with Crippen molar-refractivity contribution >= 4 is 18.0 Å². The number of carboxylic acids is 1. The Morgan fingerprint density at radius 3 is 2.06 bits per heavy atom. The van der Waals surface area contributed by atoms with Gasteiger partial charge in [-0.2, -0.15) is 0 Å². The van der Waals surface area contributed by atoms with Gasteiger partial charge in [0.15, 0.2) is 0 Å². The van der Waals surface area contributed by atoms with Crippen molar-refractivity contribution in [2.45, 2.75) is 58.0 Å². The summed E-state index contributed by atoms with van der Waals surface area (Å²) >= 11 is 0. The maximum Gasteiger partial charge on any atom is 0.407 e. The lowest BCUT2D eigenvalue weighted by molar-refractivity contribution is -0.141. The lowest BCUT2D eigenvalue weighted by atomic mass is 9.98. The molecule has 3 N–H and O–H groups in total. The summed E-state index contributed by atoms with van der Waals surface area (Å²) in [4.78, 5) is 35.3. The predicted octanol–water partition coefficient (Wildman–Crippen LogP) is 4.31. The van der Waals surface area contributed by atoms with Crippen LogP contribution >= 0.6 is 0 Å². The average Bonchev–Trinajstić information content (AvgIpc) is 3.11. The van der Waals surface area contributed by atoms with E-state index in [1.807, 2.05) is 31.2 Å². The second-order valence-corrected chi connectivity index (χ2v) is 8.77. The monoisotopic (exact) mass is 452 g/mol. The zero-order valence-electron chi connectivity index (χ0n) is 19.3. The van der Waals surface area contributed by atoms with Gasteiger partial charge in [0, 0.05) is 17.9 Å². The number of aliphatic carboxylic acids is 1. The third-order valence-corrected chi connectivity index (χ3v) is 6.16. The largest absolute Gasteiger partial charge is 0.480 e. The molecule has 2 unspecified atom stereocenters. The van der Waals surface area contributed by atoms with E-state index in [-0.39, 0.29) is 30.4 Å². The smallest absolute Gasteiger partial charge is 0.407 e. The van der Waals surface area contributed by atoms with E-state index in [0.29, 0.717) is 12.8 Å². The molecule has 33 heavy (non-hydrogen) atoms. The highest BCUT2D eigenvalue weighted by Gasteiger charge is 2.29. The molecule has 0 saturated heterocycles. The first kappa shape index (κ1) is 24.3. The van der Waals surface area contributed by atoms with Gasteiger partial charge < -0.3 is 20.5 Å². The van der Waals surface area contributed by atoms with Gasteiger partial charge in [0.1, 0.15) is 12.6 Å². The summed E-state index contributed by atoms with van der Waals surface area (Å²) in [5.41, 5.74) is 4.71. The minimum absolute atomic E-state index is 0.0195. The molecule has 0 radical (unpaired) electrons. The van der Waals surface area contributed by atoms with Crippen LogP contribution in [0.4, 0.5) is 4.79 Å². The van der Waals surface area contributed by atoms with Gasteiger partial charge in [0.2, 0.25) is 5.91 Å². The Labute approximate surface area is 194 Å². The zero-order chi connectivity index (χ0) is 24.0. The molecule has 0 aliphatic heterocycles. The van der Waals surface area contributed by atoms with Gasteiger partial charge in [-0.25, -0.2) is 4.79 Å². The third kappa shape index (κ3) is 6.12. The fourth-order valence-electron chi connectivity index (χ4n) is 4.19. The number of nitrogens with one attached hydrogen (secondary N) is 2. The second kappa shape index (κ2) is 11.0. The predicted molar refractivity (Wildman–Crippen MR) is 126 cm³/mol. The summed E-state index contributed by atoms with van der Waals surface area (Å²) in [6.45, 7) is 5.38. The molecule has 2 aromatic rings. The van der Waals surface area contributed by atoms with Crippen molar-refractivity contribution in [2.24, 2.45) is 5.92 Å². The van der Waals surface area contributed by atoms with Crippen LogP contribution in [0, 0.1) is 5.92 Å². The Hall–Kier alpha value is -3.35. The van der Waals surface area contributed by atoms with Crippen molar-refractivity contribution in [2.75, 3.05) is 6.61 Å². The standard InChI is InChI=1S/C26H32N2O5/c1-16(24(29)28-18(3)25(30)31)9-8-10-17(2)27-26(32)33-15-23-21-13-6-4-11-19(21)20-12-5-7-14-22(20)23/h4-7,11-14,16-18,23H,8-10,15H2,1-3H3,(H,27,32)(H,28,29)(H,30,31)/t16?,17?,18-/m0/s1. The molecule has 0 bridgehead atoms. The number of rotatable bonds is 10. The van der Waals surface area contributed by atoms with Gasteiger partial charge in [-0.3, -0.25) is 9.59 Å². The summed E-state index contributed by atoms with van der Waals surface area (Å²) in [7, 11) is 0. The number of fused-ring (bicyclic) bond motifs is 3.